The van der Waals surface area contributed by atoms with Crippen LogP contribution in [0.2, 0.25) is 5.02 Å². The Morgan fingerprint density at radius 2 is 2.22 bits per heavy atom. The van der Waals surface area contributed by atoms with Gasteiger partial charge in [-0.2, -0.15) is 10.2 Å². The number of hydrogen-bond acceptors (Lipinski definition) is 5. The lowest BCUT2D eigenvalue weighted by Gasteiger charge is -2.07. The average molecular weight is 270 g/mol. The molecule has 7 nitrogen and oxygen atoms in total. The van der Waals surface area contributed by atoms with Crippen LogP contribution >= 0.6 is 11.6 Å². The number of aliphatic hydroxyl groups is 1. The minimum atomic E-state index is -0.445. The second-order valence-corrected chi connectivity index (χ2v) is 4.03. The van der Waals surface area contributed by atoms with Gasteiger partial charge in [0.25, 0.3) is 5.56 Å². The van der Waals surface area contributed by atoms with E-state index in [-0.39, 0.29) is 18.2 Å². The van der Waals surface area contributed by atoms with Crippen LogP contribution in [0.1, 0.15) is 0 Å². The molecule has 0 bridgehead atoms. The van der Waals surface area contributed by atoms with Crippen LogP contribution in [0.3, 0.4) is 0 Å². The fourth-order valence-electron chi connectivity index (χ4n) is 1.45. The van der Waals surface area contributed by atoms with E-state index in [1.807, 2.05) is 0 Å². The monoisotopic (exact) mass is 269 g/mol. The first kappa shape index (κ1) is 12.6. The Hall–Kier alpha value is -1.86. The van der Waals surface area contributed by atoms with E-state index in [2.05, 4.69) is 15.5 Å². The highest BCUT2D eigenvalue weighted by atomic mass is 35.5. The molecule has 0 spiro atoms. The van der Waals surface area contributed by atoms with Gasteiger partial charge in [-0.05, 0) is 0 Å². The van der Waals surface area contributed by atoms with E-state index in [0.717, 1.165) is 4.68 Å². The number of halogens is 1. The smallest absolute Gasteiger partial charge is 0.287 e. The van der Waals surface area contributed by atoms with Gasteiger partial charge in [-0.1, -0.05) is 11.6 Å². The molecule has 0 amide bonds. The van der Waals surface area contributed by atoms with E-state index in [1.54, 1.807) is 24.1 Å². The lowest BCUT2D eigenvalue weighted by molar-refractivity contribution is 0.266. The van der Waals surface area contributed by atoms with Gasteiger partial charge in [0.15, 0.2) is 0 Å². The zero-order valence-electron chi connectivity index (χ0n) is 9.67. The fourth-order valence-corrected chi connectivity index (χ4v) is 1.64. The molecule has 0 saturated carbocycles. The summed E-state index contributed by atoms with van der Waals surface area (Å²) in [6.45, 7) is -0.0512. The molecule has 0 atom stereocenters. The normalized spacial score (nSPS) is 10.6. The topological polar surface area (TPSA) is 85.0 Å². The van der Waals surface area contributed by atoms with E-state index in [9.17, 15) is 4.79 Å². The van der Waals surface area contributed by atoms with E-state index < -0.39 is 5.56 Å². The summed E-state index contributed by atoms with van der Waals surface area (Å²) in [7, 11) is 1.78. The van der Waals surface area contributed by atoms with Crippen molar-refractivity contribution in [3.63, 3.8) is 0 Å². The number of rotatable bonds is 4. The summed E-state index contributed by atoms with van der Waals surface area (Å²) in [6, 6.07) is 0. The summed E-state index contributed by atoms with van der Waals surface area (Å²) in [5, 5.41) is 19.6. The van der Waals surface area contributed by atoms with Gasteiger partial charge in [0, 0.05) is 13.2 Å². The van der Waals surface area contributed by atoms with Crippen molar-refractivity contribution in [2.75, 3.05) is 11.9 Å². The first-order valence-electron chi connectivity index (χ1n) is 5.24. The molecule has 2 aromatic heterocycles. The fraction of sp³-hybridized carbons (Fsp3) is 0.300. The minimum Gasteiger partial charge on any atom is -0.394 e. The Bertz CT molecular complexity index is 607. The maximum Gasteiger partial charge on any atom is 0.287 e. The molecule has 2 heterocycles. The highest BCUT2D eigenvalue weighted by molar-refractivity contribution is 6.33. The molecule has 2 aromatic rings. The molecule has 18 heavy (non-hydrogen) atoms. The Morgan fingerprint density at radius 1 is 1.44 bits per heavy atom. The zero-order valence-corrected chi connectivity index (χ0v) is 10.4. The van der Waals surface area contributed by atoms with Gasteiger partial charge in [-0.25, -0.2) is 4.68 Å². The first-order chi connectivity index (χ1) is 8.61. The van der Waals surface area contributed by atoms with Gasteiger partial charge in [0.05, 0.1) is 36.9 Å². The molecule has 96 valence electrons. The third kappa shape index (κ3) is 2.52. The lowest BCUT2D eigenvalue weighted by atomic mass is 10.4. The summed E-state index contributed by atoms with van der Waals surface area (Å²) < 4.78 is 2.73. The quantitative estimate of drug-likeness (QED) is 0.837. The van der Waals surface area contributed by atoms with Crippen molar-refractivity contribution in [1.82, 2.24) is 19.6 Å². The van der Waals surface area contributed by atoms with Crippen molar-refractivity contribution < 1.29 is 5.11 Å². The molecule has 0 aliphatic carbocycles. The summed E-state index contributed by atoms with van der Waals surface area (Å²) in [5.74, 6) is 0. The van der Waals surface area contributed by atoms with Crippen molar-refractivity contribution in [3.05, 3.63) is 34.0 Å². The predicted molar refractivity (Wildman–Crippen MR) is 67.1 cm³/mol. The molecule has 0 radical (unpaired) electrons. The molecule has 0 unspecified atom stereocenters. The second kappa shape index (κ2) is 5.19. The number of aryl methyl sites for hydroxylation is 1. The number of aromatic nitrogens is 4. The molecule has 0 fully saturated rings. The Morgan fingerprint density at radius 3 is 2.83 bits per heavy atom. The number of anilines is 2. The summed E-state index contributed by atoms with van der Waals surface area (Å²) in [5.41, 5.74) is 0.670. The Labute approximate surface area is 108 Å². The molecule has 0 aliphatic heterocycles. The van der Waals surface area contributed by atoms with E-state index in [0.29, 0.717) is 11.4 Å². The van der Waals surface area contributed by atoms with Gasteiger partial charge < -0.3 is 10.4 Å². The predicted octanol–water partition coefficient (Wildman–Crippen LogP) is 0.366. The third-order valence-corrected chi connectivity index (χ3v) is 2.65. The molecular weight excluding hydrogens is 258 g/mol. The van der Waals surface area contributed by atoms with Gasteiger partial charge >= 0.3 is 0 Å². The van der Waals surface area contributed by atoms with Crippen LogP contribution in [0.25, 0.3) is 0 Å². The van der Waals surface area contributed by atoms with E-state index in [1.165, 1.54) is 6.20 Å². The minimum absolute atomic E-state index is 0.0299. The SMILES string of the molecule is Cn1cc(Nc2cnn(CCO)c(=O)c2Cl)cn1. The lowest BCUT2D eigenvalue weighted by Crippen LogP contribution is -2.25. The molecule has 0 aromatic carbocycles. The van der Waals surface area contributed by atoms with Crippen molar-refractivity contribution in [3.8, 4) is 0 Å². The van der Waals surface area contributed by atoms with Crippen LogP contribution < -0.4 is 10.9 Å². The number of nitrogens with zero attached hydrogens (tertiary/aromatic N) is 4. The van der Waals surface area contributed by atoms with Gasteiger partial charge in [-0.3, -0.25) is 9.48 Å². The summed E-state index contributed by atoms with van der Waals surface area (Å²) in [4.78, 5) is 11.8. The van der Waals surface area contributed by atoms with Crippen molar-refractivity contribution >= 4 is 23.0 Å². The van der Waals surface area contributed by atoms with Crippen LogP contribution in [0.15, 0.2) is 23.4 Å². The number of hydrogen-bond donors (Lipinski definition) is 2. The molecule has 0 aliphatic rings. The summed E-state index contributed by atoms with van der Waals surface area (Å²) >= 11 is 5.95. The highest BCUT2D eigenvalue weighted by Gasteiger charge is 2.09. The maximum atomic E-state index is 11.8. The van der Waals surface area contributed by atoms with Crippen LogP contribution in [-0.4, -0.2) is 31.3 Å². The van der Waals surface area contributed by atoms with E-state index >= 15 is 0 Å². The van der Waals surface area contributed by atoms with Crippen LogP contribution in [-0.2, 0) is 13.6 Å². The largest absolute Gasteiger partial charge is 0.394 e. The second-order valence-electron chi connectivity index (χ2n) is 3.65. The van der Waals surface area contributed by atoms with Crippen molar-refractivity contribution in [2.45, 2.75) is 6.54 Å². The average Bonchev–Trinajstić information content (AvgIpc) is 2.75. The molecule has 0 saturated heterocycles. The molecule has 8 heteroatoms. The van der Waals surface area contributed by atoms with Gasteiger partial charge in [0.2, 0.25) is 0 Å². The molecule has 2 rings (SSSR count). The molecular formula is C10H12ClN5O2. The standard InChI is InChI=1S/C10H12ClN5O2/c1-15-6-7(4-12-15)14-8-5-13-16(2-3-17)10(18)9(8)11/h4-6,14,17H,2-3H2,1H3. The maximum absolute atomic E-state index is 11.8. The van der Waals surface area contributed by atoms with Crippen molar-refractivity contribution in [1.29, 1.82) is 0 Å². The van der Waals surface area contributed by atoms with Gasteiger partial charge in [0.1, 0.15) is 5.02 Å². The zero-order chi connectivity index (χ0) is 13.1. The number of nitrogens with one attached hydrogen (secondary N) is 1. The summed E-state index contributed by atoms with van der Waals surface area (Å²) in [6.07, 6.45) is 4.79. The van der Waals surface area contributed by atoms with E-state index in [4.69, 9.17) is 16.7 Å². The Kier molecular flexibility index (Phi) is 3.63. The highest BCUT2D eigenvalue weighted by Crippen LogP contribution is 2.20. The van der Waals surface area contributed by atoms with Crippen molar-refractivity contribution in [2.24, 2.45) is 7.05 Å². The molecule has 2 N–H and O–H groups in total. The first-order valence-corrected chi connectivity index (χ1v) is 5.61. The van der Waals surface area contributed by atoms with Crippen LogP contribution in [0.5, 0.6) is 0 Å². The van der Waals surface area contributed by atoms with Gasteiger partial charge in [-0.15, -0.1) is 0 Å². The Balaban J connectivity index is 2.30. The van der Waals surface area contributed by atoms with Crippen LogP contribution in [0.4, 0.5) is 11.4 Å². The number of aliphatic hydroxyl groups excluding tert-OH is 1. The van der Waals surface area contributed by atoms with Crippen LogP contribution in [0, 0.1) is 0 Å². The third-order valence-electron chi connectivity index (χ3n) is 2.28.